The van der Waals surface area contributed by atoms with Gasteiger partial charge in [-0.1, -0.05) is 12.1 Å². The van der Waals surface area contributed by atoms with Crippen molar-refractivity contribution < 1.29 is 14.2 Å². The number of aromatic nitrogens is 1. The maximum atomic E-state index is 8.93. The van der Waals surface area contributed by atoms with Gasteiger partial charge in [-0.25, -0.2) is 0 Å². The highest BCUT2D eigenvalue weighted by Gasteiger charge is 2.25. The van der Waals surface area contributed by atoms with Crippen LogP contribution in [0.25, 0.3) is 10.9 Å². The van der Waals surface area contributed by atoms with Gasteiger partial charge in [0.25, 0.3) is 0 Å². The van der Waals surface area contributed by atoms with Crippen LogP contribution in [-0.2, 0) is 16.1 Å². The number of hydrogen-bond donors (Lipinski definition) is 0. The van der Waals surface area contributed by atoms with Gasteiger partial charge in [-0.15, -0.1) is 0 Å². The molecule has 3 aromatic rings. The number of nitriles is 1. The summed E-state index contributed by atoms with van der Waals surface area (Å²) in [6, 6.07) is 17.8. The van der Waals surface area contributed by atoms with E-state index in [0.717, 1.165) is 67.1 Å². The first-order chi connectivity index (χ1) is 15.7. The Kier molecular flexibility index (Phi) is 7.21. The van der Waals surface area contributed by atoms with Gasteiger partial charge in [-0.05, 0) is 55.7 Å². The second kappa shape index (κ2) is 10.4. The lowest BCUT2D eigenvalue weighted by molar-refractivity contribution is 0.0523. The Hall–Kier alpha value is -3.14. The van der Waals surface area contributed by atoms with E-state index < -0.39 is 0 Å². The number of pyridine rings is 1. The van der Waals surface area contributed by atoms with Crippen LogP contribution in [-0.4, -0.2) is 44.5 Å². The summed E-state index contributed by atoms with van der Waals surface area (Å²) in [5.41, 5.74) is 4.80. The van der Waals surface area contributed by atoms with E-state index in [1.807, 2.05) is 31.2 Å². The average Bonchev–Trinajstić information content (AvgIpc) is 3.29. The van der Waals surface area contributed by atoms with E-state index in [9.17, 15) is 0 Å². The molecule has 1 fully saturated rings. The van der Waals surface area contributed by atoms with Crippen molar-refractivity contribution in [3.63, 3.8) is 0 Å². The summed E-state index contributed by atoms with van der Waals surface area (Å²) >= 11 is 0. The van der Waals surface area contributed by atoms with Crippen LogP contribution in [0.15, 0.2) is 48.5 Å². The van der Waals surface area contributed by atoms with Crippen molar-refractivity contribution in [1.82, 2.24) is 4.98 Å². The smallest absolute Gasteiger partial charge is 0.122 e. The van der Waals surface area contributed by atoms with Crippen LogP contribution in [0.3, 0.4) is 0 Å². The molecular weight excluding hydrogens is 402 g/mol. The van der Waals surface area contributed by atoms with Crippen LogP contribution in [0.1, 0.15) is 29.7 Å². The highest BCUT2D eigenvalue weighted by atomic mass is 16.5. The Balaban J connectivity index is 1.45. The van der Waals surface area contributed by atoms with Gasteiger partial charge in [0.15, 0.2) is 0 Å². The van der Waals surface area contributed by atoms with Gasteiger partial charge in [-0.3, -0.25) is 4.98 Å². The second-order valence-electron chi connectivity index (χ2n) is 8.13. The fourth-order valence-electron chi connectivity index (χ4n) is 4.05. The van der Waals surface area contributed by atoms with Crippen LogP contribution in [0.5, 0.6) is 5.75 Å². The molecule has 0 bridgehead atoms. The minimum absolute atomic E-state index is 0.255. The Bertz CT molecular complexity index is 1090. The van der Waals surface area contributed by atoms with E-state index in [2.05, 4.69) is 23.1 Å². The zero-order chi connectivity index (χ0) is 22.3. The lowest BCUT2D eigenvalue weighted by Crippen LogP contribution is -2.23. The molecule has 1 atom stereocenters. The van der Waals surface area contributed by atoms with Gasteiger partial charge in [0.1, 0.15) is 12.4 Å². The zero-order valence-corrected chi connectivity index (χ0v) is 18.7. The molecule has 1 unspecified atom stereocenters. The maximum Gasteiger partial charge on any atom is 0.122 e. The lowest BCUT2D eigenvalue weighted by Gasteiger charge is -2.21. The lowest BCUT2D eigenvalue weighted by atomic mass is 10.1. The molecule has 0 N–H and O–H groups in total. The van der Waals surface area contributed by atoms with Crippen LogP contribution in [0, 0.1) is 18.3 Å². The first-order valence-electron chi connectivity index (χ1n) is 11.0. The second-order valence-corrected chi connectivity index (χ2v) is 8.13. The molecule has 1 aliphatic rings. The standard InChI is InChI=1S/C26H29N3O3/c1-19-14-26(29-11-10-23(17-29)31-13-3-12-30-2)24-9-8-22(15-25(24)28-19)32-18-21-6-4-20(16-27)5-7-21/h4-9,14-15,23H,3,10-13,17-18H2,1-2H3. The quantitative estimate of drug-likeness (QED) is 0.460. The predicted octanol–water partition coefficient (Wildman–Crippen LogP) is 4.63. The van der Waals surface area contributed by atoms with Crippen LogP contribution in [0.2, 0.25) is 0 Å². The van der Waals surface area contributed by atoms with Crippen molar-refractivity contribution >= 4 is 16.6 Å². The summed E-state index contributed by atoms with van der Waals surface area (Å²) in [5, 5.41) is 10.1. The van der Waals surface area contributed by atoms with Crippen LogP contribution >= 0.6 is 0 Å². The maximum absolute atomic E-state index is 8.93. The minimum atomic E-state index is 0.255. The van der Waals surface area contributed by atoms with Gasteiger partial charge >= 0.3 is 0 Å². The number of benzene rings is 2. The number of aryl methyl sites for hydroxylation is 1. The highest BCUT2D eigenvalue weighted by Crippen LogP contribution is 2.32. The van der Waals surface area contributed by atoms with E-state index in [-0.39, 0.29) is 6.10 Å². The highest BCUT2D eigenvalue weighted by molar-refractivity contribution is 5.93. The fourth-order valence-corrected chi connectivity index (χ4v) is 4.05. The van der Waals surface area contributed by atoms with Crippen molar-refractivity contribution in [2.75, 3.05) is 38.3 Å². The normalized spacial score (nSPS) is 15.8. The molecule has 32 heavy (non-hydrogen) atoms. The van der Waals surface area contributed by atoms with Gasteiger partial charge in [0.05, 0.1) is 23.3 Å². The summed E-state index contributed by atoms with van der Waals surface area (Å²) in [5.74, 6) is 0.784. The minimum Gasteiger partial charge on any atom is -0.489 e. The summed E-state index contributed by atoms with van der Waals surface area (Å²) in [6.45, 7) is 5.82. The summed E-state index contributed by atoms with van der Waals surface area (Å²) in [6.07, 6.45) is 2.21. The number of anilines is 1. The van der Waals surface area contributed by atoms with Crippen LogP contribution < -0.4 is 9.64 Å². The molecule has 166 valence electrons. The third-order valence-electron chi connectivity index (χ3n) is 5.71. The third kappa shape index (κ3) is 5.37. The van der Waals surface area contributed by atoms with Gasteiger partial charge in [0.2, 0.25) is 0 Å². The number of nitrogens with zero attached hydrogens (tertiary/aromatic N) is 3. The molecule has 2 aromatic carbocycles. The monoisotopic (exact) mass is 431 g/mol. The van der Waals surface area contributed by atoms with E-state index in [1.54, 1.807) is 19.2 Å². The fraction of sp³-hybridized carbons (Fsp3) is 0.385. The molecule has 0 saturated carbocycles. The summed E-state index contributed by atoms with van der Waals surface area (Å²) in [4.78, 5) is 7.15. The molecule has 6 heteroatoms. The predicted molar refractivity (Wildman–Crippen MR) is 125 cm³/mol. The number of methoxy groups -OCH3 is 1. The number of fused-ring (bicyclic) bond motifs is 1. The van der Waals surface area contributed by atoms with Crippen molar-refractivity contribution in [3.05, 3.63) is 65.4 Å². The van der Waals surface area contributed by atoms with E-state index >= 15 is 0 Å². The molecule has 1 saturated heterocycles. The molecule has 6 nitrogen and oxygen atoms in total. The Morgan fingerprint density at radius 3 is 2.75 bits per heavy atom. The van der Waals surface area contributed by atoms with Gasteiger partial charge in [-0.2, -0.15) is 5.26 Å². The molecule has 1 aromatic heterocycles. The first-order valence-corrected chi connectivity index (χ1v) is 11.0. The molecule has 1 aliphatic heterocycles. The Labute approximate surface area is 189 Å². The first kappa shape index (κ1) is 22.1. The summed E-state index contributed by atoms with van der Waals surface area (Å²) < 4.78 is 17.1. The van der Waals surface area contributed by atoms with Crippen molar-refractivity contribution in [2.45, 2.75) is 32.5 Å². The van der Waals surface area contributed by atoms with E-state index in [4.69, 9.17) is 24.5 Å². The molecule has 0 spiro atoms. The largest absolute Gasteiger partial charge is 0.489 e. The van der Waals surface area contributed by atoms with E-state index in [0.29, 0.717) is 12.2 Å². The van der Waals surface area contributed by atoms with Crippen molar-refractivity contribution in [1.29, 1.82) is 5.26 Å². The molecular formula is C26H29N3O3. The number of ether oxygens (including phenoxy) is 3. The molecule has 2 heterocycles. The number of rotatable bonds is 9. The molecule has 0 aliphatic carbocycles. The Morgan fingerprint density at radius 1 is 1.12 bits per heavy atom. The SMILES string of the molecule is COCCCOC1CCN(c2cc(C)nc3cc(OCc4ccc(C#N)cc4)ccc23)C1. The summed E-state index contributed by atoms with van der Waals surface area (Å²) in [7, 11) is 1.72. The van der Waals surface area contributed by atoms with Crippen LogP contribution in [0.4, 0.5) is 5.69 Å². The van der Waals surface area contributed by atoms with E-state index in [1.165, 1.54) is 5.69 Å². The molecule has 4 rings (SSSR count). The molecule has 0 amide bonds. The van der Waals surface area contributed by atoms with Gasteiger partial charge < -0.3 is 19.1 Å². The third-order valence-corrected chi connectivity index (χ3v) is 5.71. The number of hydrogen-bond acceptors (Lipinski definition) is 6. The molecule has 0 radical (unpaired) electrons. The van der Waals surface area contributed by atoms with Crippen molar-refractivity contribution in [3.8, 4) is 11.8 Å². The zero-order valence-electron chi connectivity index (χ0n) is 18.7. The Morgan fingerprint density at radius 2 is 1.97 bits per heavy atom. The van der Waals surface area contributed by atoms with Crippen molar-refractivity contribution in [2.24, 2.45) is 0 Å². The average molecular weight is 432 g/mol. The van der Waals surface area contributed by atoms with Gasteiger partial charge in [0, 0.05) is 56.2 Å². The topological polar surface area (TPSA) is 67.6 Å².